The van der Waals surface area contributed by atoms with Gasteiger partial charge in [0.1, 0.15) is 5.60 Å². The summed E-state index contributed by atoms with van der Waals surface area (Å²) < 4.78 is 6.92. The zero-order valence-electron chi connectivity index (χ0n) is 18.6. The highest BCUT2D eigenvalue weighted by molar-refractivity contribution is 6.31. The van der Waals surface area contributed by atoms with Crippen LogP contribution in [0, 0.1) is 13.8 Å². The van der Waals surface area contributed by atoms with Gasteiger partial charge < -0.3 is 4.74 Å². The molecule has 1 amide bonds. The first-order valence-electron chi connectivity index (χ1n) is 9.92. The van der Waals surface area contributed by atoms with Crippen molar-refractivity contribution in [3.63, 3.8) is 0 Å². The summed E-state index contributed by atoms with van der Waals surface area (Å²) in [5, 5.41) is 7.05. The predicted molar refractivity (Wildman–Crippen MR) is 125 cm³/mol. The van der Waals surface area contributed by atoms with E-state index >= 15 is 0 Å². The summed E-state index contributed by atoms with van der Waals surface area (Å²) in [6.07, 6.45) is 2.69. The number of ether oxygens (including phenoxy) is 1. The molecule has 6 nitrogen and oxygen atoms in total. The summed E-state index contributed by atoms with van der Waals surface area (Å²) in [4.78, 5) is 25.0. The zero-order chi connectivity index (χ0) is 22.9. The minimum Gasteiger partial charge on any atom is -0.443 e. The van der Waals surface area contributed by atoms with Gasteiger partial charge in [-0.15, -0.1) is 0 Å². The van der Waals surface area contributed by atoms with E-state index in [4.69, 9.17) is 16.3 Å². The van der Waals surface area contributed by atoms with Crippen LogP contribution in [0.25, 0.3) is 10.9 Å². The van der Waals surface area contributed by atoms with Gasteiger partial charge in [0.25, 0.3) is 0 Å². The highest BCUT2D eigenvalue weighted by atomic mass is 35.5. The van der Waals surface area contributed by atoms with Crippen molar-refractivity contribution >= 4 is 46.4 Å². The van der Waals surface area contributed by atoms with Gasteiger partial charge in [0.15, 0.2) is 0 Å². The fourth-order valence-corrected chi connectivity index (χ4v) is 3.43. The maximum atomic E-state index is 12.7. The van der Waals surface area contributed by atoms with E-state index in [1.54, 1.807) is 45.3 Å². The van der Waals surface area contributed by atoms with Crippen LogP contribution in [0.4, 0.5) is 10.5 Å². The van der Waals surface area contributed by atoms with Crippen LogP contribution >= 0.6 is 11.6 Å². The van der Waals surface area contributed by atoms with Gasteiger partial charge in [-0.25, -0.2) is 9.80 Å². The van der Waals surface area contributed by atoms with Crippen LogP contribution in [0.5, 0.6) is 0 Å². The molecule has 0 spiro atoms. The number of hydrazone groups is 1. The van der Waals surface area contributed by atoms with E-state index in [1.165, 1.54) is 16.5 Å². The molecule has 0 fully saturated rings. The number of nitrogens with zero attached hydrogens (tertiary/aromatic N) is 3. The van der Waals surface area contributed by atoms with Gasteiger partial charge in [0.2, 0.25) is 5.91 Å². The maximum Gasteiger partial charge on any atom is 0.419 e. The maximum absolute atomic E-state index is 12.7. The van der Waals surface area contributed by atoms with Crippen molar-refractivity contribution in [2.45, 2.75) is 47.1 Å². The summed E-state index contributed by atoms with van der Waals surface area (Å²) >= 11 is 6.16. The molecule has 1 heterocycles. The van der Waals surface area contributed by atoms with Crippen LogP contribution in [0.3, 0.4) is 0 Å². The predicted octanol–water partition coefficient (Wildman–Crippen LogP) is 6.08. The molecule has 0 atom stereocenters. The lowest BCUT2D eigenvalue weighted by Gasteiger charge is -2.19. The first kappa shape index (κ1) is 22.6. The highest BCUT2D eigenvalue weighted by Gasteiger charge is 2.21. The summed E-state index contributed by atoms with van der Waals surface area (Å²) in [6.45, 7) is 10.8. The van der Waals surface area contributed by atoms with E-state index in [0.29, 0.717) is 21.8 Å². The fourth-order valence-electron chi connectivity index (χ4n) is 3.27. The van der Waals surface area contributed by atoms with E-state index < -0.39 is 11.7 Å². The summed E-state index contributed by atoms with van der Waals surface area (Å²) in [5.41, 5.74) is 3.36. The molecule has 0 aliphatic heterocycles. The molecule has 162 valence electrons. The Morgan fingerprint density at radius 2 is 1.84 bits per heavy atom. The Balaban J connectivity index is 2.06. The number of fused-ring (bicyclic) bond motifs is 1. The SMILES string of the molecule is CC(=O)N(/N=C/c1cn(C(=O)OC(C)(C)C)c2cc(Cl)ccc12)c1ccc(C)cc1C. The molecule has 3 aromatic rings. The fraction of sp³-hybridized carbons (Fsp3) is 0.292. The van der Waals surface area contributed by atoms with Crippen molar-refractivity contribution in [1.82, 2.24) is 4.57 Å². The Kier molecular flexibility index (Phi) is 6.23. The number of carbonyl (C=O) groups is 2. The summed E-state index contributed by atoms with van der Waals surface area (Å²) in [6, 6.07) is 11.1. The summed E-state index contributed by atoms with van der Waals surface area (Å²) in [7, 11) is 0. The van der Waals surface area contributed by atoms with Crippen molar-refractivity contribution in [3.05, 3.63) is 64.3 Å². The van der Waals surface area contributed by atoms with Gasteiger partial charge in [-0.2, -0.15) is 5.10 Å². The molecule has 0 aliphatic rings. The largest absolute Gasteiger partial charge is 0.443 e. The van der Waals surface area contributed by atoms with Crippen molar-refractivity contribution in [1.29, 1.82) is 0 Å². The van der Waals surface area contributed by atoms with Gasteiger partial charge in [0, 0.05) is 29.1 Å². The number of aromatic nitrogens is 1. The van der Waals surface area contributed by atoms with Gasteiger partial charge in [-0.1, -0.05) is 35.4 Å². The summed E-state index contributed by atoms with van der Waals surface area (Å²) in [5.74, 6) is -0.220. The number of halogens is 1. The van der Waals surface area contributed by atoms with Crippen LogP contribution in [0.2, 0.25) is 5.02 Å². The Morgan fingerprint density at radius 1 is 1.13 bits per heavy atom. The quantitative estimate of drug-likeness (QED) is 0.367. The first-order valence-corrected chi connectivity index (χ1v) is 10.3. The molecule has 0 N–H and O–H groups in total. The van der Waals surface area contributed by atoms with Crippen LogP contribution in [-0.2, 0) is 9.53 Å². The lowest BCUT2D eigenvalue weighted by molar-refractivity contribution is -0.116. The smallest absolute Gasteiger partial charge is 0.419 e. The van der Waals surface area contributed by atoms with Crippen LogP contribution in [0.15, 0.2) is 47.7 Å². The van der Waals surface area contributed by atoms with Crippen molar-refractivity contribution in [3.8, 4) is 0 Å². The average molecular weight is 440 g/mol. The Labute approximate surface area is 187 Å². The van der Waals surface area contributed by atoms with E-state index in [9.17, 15) is 9.59 Å². The molecule has 0 bridgehead atoms. The molecule has 0 aliphatic carbocycles. The molecular formula is C24H26ClN3O3. The number of hydrogen-bond acceptors (Lipinski definition) is 4. The number of rotatable bonds is 3. The topological polar surface area (TPSA) is 63.9 Å². The lowest BCUT2D eigenvalue weighted by atomic mass is 10.1. The monoisotopic (exact) mass is 439 g/mol. The molecule has 2 aromatic carbocycles. The molecular weight excluding hydrogens is 414 g/mol. The Bertz CT molecular complexity index is 1190. The third-order valence-corrected chi connectivity index (χ3v) is 4.81. The first-order chi connectivity index (χ1) is 14.5. The number of benzene rings is 2. The zero-order valence-corrected chi connectivity index (χ0v) is 19.3. The lowest BCUT2D eigenvalue weighted by Crippen LogP contribution is -2.26. The van der Waals surface area contributed by atoms with Gasteiger partial charge >= 0.3 is 6.09 Å². The van der Waals surface area contributed by atoms with E-state index in [1.807, 2.05) is 38.1 Å². The van der Waals surface area contributed by atoms with E-state index in [2.05, 4.69) is 5.10 Å². The minimum atomic E-state index is -0.644. The number of aryl methyl sites for hydroxylation is 2. The average Bonchev–Trinajstić information content (AvgIpc) is 2.99. The molecule has 1 aromatic heterocycles. The highest BCUT2D eigenvalue weighted by Crippen LogP contribution is 2.26. The van der Waals surface area contributed by atoms with Crippen molar-refractivity contribution < 1.29 is 14.3 Å². The van der Waals surface area contributed by atoms with Gasteiger partial charge in [0.05, 0.1) is 17.4 Å². The molecule has 31 heavy (non-hydrogen) atoms. The van der Waals surface area contributed by atoms with Gasteiger partial charge in [-0.3, -0.25) is 9.36 Å². The molecule has 0 radical (unpaired) electrons. The second-order valence-corrected chi connectivity index (χ2v) is 8.90. The normalized spacial score (nSPS) is 11.8. The van der Waals surface area contributed by atoms with Gasteiger partial charge in [-0.05, 0) is 58.4 Å². The van der Waals surface area contributed by atoms with E-state index in [-0.39, 0.29) is 5.91 Å². The van der Waals surface area contributed by atoms with Crippen LogP contribution < -0.4 is 5.01 Å². The van der Waals surface area contributed by atoms with Crippen LogP contribution in [-0.4, -0.2) is 28.4 Å². The third kappa shape index (κ3) is 5.14. The Morgan fingerprint density at radius 3 is 2.45 bits per heavy atom. The third-order valence-electron chi connectivity index (χ3n) is 4.58. The number of carbonyl (C=O) groups excluding carboxylic acids is 2. The number of hydrogen-bond donors (Lipinski definition) is 0. The standard InChI is InChI=1S/C24H26ClN3O3/c1-15-7-10-21(16(2)11-15)28(17(3)29)26-13-18-14-27(23(30)31-24(4,5)6)22-12-19(25)8-9-20(18)22/h7-14H,1-6H3/b26-13+. The second-order valence-electron chi connectivity index (χ2n) is 8.46. The van der Waals surface area contributed by atoms with Crippen molar-refractivity contribution in [2.24, 2.45) is 5.10 Å². The van der Waals surface area contributed by atoms with Crippen molar-refractivity contribution in [2.75, 3.05) is 5.01 Å². The Hall–Kier alpha value is -3.12. The van der Waals surface area contributed by atoms with E-state index in [0.717, 1.165) is 16.5 Å². The molecule has 7 heteroatoms. The number of anilines is 1. The van der Waals surface area contributed by atoms with Crippen LogP contribution in [0.1, 0.15) is 44.4 Å². The minimum absolute atomic E-state index is 0.220. The molecule has 0 saturated carbocycles. The number of amides is 1. The molecule has 0 saturated heterocycles. The second kappa shape index (κ2) is 8.55. The molecule has 0 unspecified atom stereocenters. The molecule has 3 rings (SSSR count).